The summed E-state index contributed by atoms with van der Waals surface area (Å²) in [5.41, 5.74) is -0.760. The van der Waals surface area contributed by atoms with Crippen molar-refractivity contribution < 1.29 is 22.7 Å². The first-order chi connectivity index (χ1) is 9.00. The van der Waals surface area contributed by atoms with Crippen LogP contribution in [0, 0.1) is 0 Å². The standard InChI is InChI=1S/C13H14F3NO2/c14-13(15,16)11-3-1-2-4-12(11)19-10-5-6-17(9-10)7-8-18/h1-4,8,10H,5-7,9H2. The first kappa shape index (κ1) is 13.9. The lowest BCUT2D eigenvalue weighted by atomic mass is 10.2. The summed E-state index contributed by atoms with van der Waals surface area (Å²) >= 11 is 0. The molecular formula is C13H14F3NO2. The lowest BCUT2D eigenvalue weighted by Crippen LogP contribution is -2.26. The van der Waals surface area contributed by atoms with Crippen LogP contribution in [0.15, 0.2) is 24.3 Å². The molecule has 0 bridgehead atoms. The summed E-state index contributed by atoms with van der Waals surface area (Å²) in [6, 6.07) is 5.18. The van der Waals surface area contributed by atoms with Crippen LogP contribution in [0.1, 0.15) is 12.0 Å². The fourth-order valence-corrected chi connectivity index (χ4v) is 2.15. The molecule has 0 amide bonds. The number of carbonyl (C=O) groups is 1. The number of hydrogen-bond acceptors (Lipinski definition) is 3. The van der Waals surface area contributed by atoms with Gasteiger partial charge in [-0.15, -0.1) is 0 Å². The fraction of sp³-hybridized carbons (Fsp3) is 0.462. The van der Waals surface area contributed by atoms with E-state index in [-0.39, 0.29) is 11.9 Å². The predicted octanol–water partition coefficient (Wildman–Crippen LogP) is 2.36. The minimum Gasteiger partial charge on any atom is -0.488 e. The SMILES string of the molecule is O=CCN1CCC(Oc2ccccc2C(F)(F)F)C1. The number of alkyl halides is 3. The molecule has 1 atom stereocenters. The molecule has 104 valence electrons. The number of halogens is 3. The molecule has 1 saturated heterocycles. The van der Waals surface area contributed by atoms with Crippen LogP contribution in [0.4, 0.5) is 13.2 Å². The minimum atomic E-state index is -4.42. The number of para-hydroxylation sites is 1. The fourth-order valence-electron chi connectivity index (χ4n) is 2.15. The molecule has 6 heteroatoms. The molecule has 0 saturated carbocycles. The predicted molar refractivity (Wildman–Crippen MR) is 63.0 cm³/mol. The Labute approximate surface area is 109 Å². The lowest BCUT2D eigenvalue weighted by molar-refractivity contribution is -0.139. The van der Waals surface area contributed by atoms with Gasteiger partial charge in [-0.05, 0) is 18.6 Å². The molecule has 1 aliphatic rings. The van der Waals surface area contributed by atoms with E-state index in [0.717, 1.165) is 12.4 Å². The third-order valence-electron chi connectivity index (χ3n) is 3.05. The Bertz CT molecular complexity index is 448. The van der Waals surface area contributed by atoms with Gasteiger partial charge in [0.05, 0.1) is 12.1 Å². The summed E-state index contributed by atoms with van der Waals surface area (Å²) in [6.07, 6.45) is -3.31. The van der Waals surface area contributed by atoms with Crippen LogP contribution in [0.25, 0.3) is 0 Å². The van der Waals surface area contributed by atoms with Crippen molar-refractivity contribution in [3.8, 4) is 5.75 Å². The second-order valence-electron chi connectivity index (χ2n) is 4.45. The number of benzene rings is 1. The topological polar surface area (TPSA) is 29.5 Å². The highest BCUT2D eigenvalue weighted by atomic mass is 19.4. The van der Waals surface area contributed by atoms with Crippen LogP contribution in [0.5, 0.6) is 5.75 Å². The number of rotatable bonds is 4. The molecule has 0 radical (unpaired) electrons. The van der Waals surface area contributed by atoms with Crippen molar-refractivity contribution in [1.82, 2.24) is 4.90 Å². The van der Waals surface area contributed by atoms with Gasteiger partial charge in [0, 0.05) is 13.1 Å². The number of carbonyl (C=O) groups excluding carboxylic acids is 1. The zero-order valence-electron chi connectivity index (χ0n) is 10.2. The van der Waals surface area contributed by atoms with Crippen LogP contribution in [-0.4, -0.2) is 36.9 Å². The monoisotopic (exact) mass is 273 g/mol. The molecular weight excluding hydrogens is 259 g/mol. The van der Waals surface area contributed by atoms with Crippen LogP contribution in [0.3, 0.4) is 0 Å². The maximum absolute atomic E-state index is 12.8. The van der Waals surface area contributed by atoms with Gasteiger partial charge in [-0.1, -0.05) is 12.1 Å². The third-order valence-corrected chi connectivity index (χ3v) is 3.05. The number of hydrogen-bond donors (Lipinski definition) is 0. The highest BCUT2D eigenvalue weighted by Crippen LogP contribution is 2.36. The average molecular weight is 273 g/mol. The van der Waals surface area contributed by atoms with E-state index in [1.54, 1.807) is 0 Å². The highest BCUT2D eigenvalue weighted by Gasteiger charge is 2.35. The average Bonchev–Trinajstić information content (AvgIpc) is 2.76. The van der Waals surface area contributed by atoms with Crippen molar-refractivity contribution >= 4 is 6.29 Å². The van der Waals surface area contributed by atoms with Gasteiger partial charge < -0.3 is 9.53 Å². The molecule has 19 heavy (non-hydrogen) atoms. The van der Waals surface area contributed by atoms with E-state index in [0.29, 0.717) is 26.1 Å². The summed E-state index contributed by atoms with van der Waals surface area (Å²) in [4.78, 5) is 12.2. The van der Waals surface area contributed by atoms with Crippen LogP contribution in [0.2, 0.25) is 0 Å². The minimum absolute atomic E-state index is 0.145. The Balaban J connectivity index is 2.06. The Kier molecular flexibility index (Phi) is 4.09. The first-order valence-corrected chi connectivity index (χ1v) is 5.99. The van der Waals surface area contributed by atoms with Gasteiger partial charge in [-0.3, -0.25) is 4.90 Å². The van der Waals surface area contributed by atoms with Crippen LogP contribution in [-0.2, 0) is 11.0 Å². The van der Waals surface area contributed by atoms with E-state index in [4.69, 9.17) is 4.74 Å². The number of likely N-dealkylation sites (tertiary alicyclic amines) is 1. The van der Waals surface area contributed by atoms with Gasteiger partial charge in [0.15, 0.2) is 0 Å². The molecule has 0 spiro atoms. The highest BCUT2D eigenvalue weighted by molar-refractivity contribution is 5.52. The zero-order chi connectivity index (χ0) is 13.9. The second kappa shape index (κ2) is 5.61. The number of ether oxygens (including phenoxy) is 1. The normalized spacial score (nSPS) is 20.5. The molecule has 1 unspecified atom stereocenters. The molecule has 1 aliphatic heterocycles. The maximum Gasteiger partial charge on any atom is 0.419 e. The van der Waals surface area contributed by atoms with Crippen molar-refractivity contribution in [2.24, 2.45) is 0 Å². The molecule has 3 nitrogen and oxygen atoms in total. The van der Waals surface area contributed by atoms with Crippen molar-refractivity contribution in [1.29, 1.82) is 0 Å². The molecule has 1 aromatic carbocycles. The van der Waals surface area contributed by atoms with Crippen LogP contribution < -0.4 is 4.74 Å². The summed E-state index contributed by atoms with van der Waals surface area (Å²) in [5, 5.41) is 0. The van der Waals surface area contributed by atoms with E-state index < -0.39 is 11.7 Å². The van der Waals surface area contributed by atoms with E-state index in [1.807, 2.05) is 4.90 Å². The molecule has 1 fully saturated rings. The van der Waals surface area contributed by atoms with E-state index in [2.05, 4.69) is 0 Å². The largest absolute Gasteiger partial charge is 0.488 e. The maximum atomic E-state index is 12.8. The van der Waals surface area contributed by atoms with Crippen molar-refractivity contribution in [2.75, 3.05) is 19.6 Å². The molecule has 1 aromatic rings. The smallest absolute Gasteiger partial charge is 0.419 e. The lowest BCUT2D eigenvalue weighted by Gasteiger charge is -2.18. The molecule has 0 aromatic heterocycles. The van der Waals surface area contributed by atoms with Crippen LogP contribution >= 0.6 is 0 Å². The van der Waals surface area contributed by atoms with Gasteiger partial charge in [0.1, 0.15) is 18.1 Å². The summed E-state index contributed by atoms with van der Waals surface area (Å²) in [7, 11) is 0. The Hall–Kier alpha value is -1.56. The number of aldehydes is 1. The van der Waals surface area contributed by atoms with Crippen molar-refractivity contribution in [3.63, 3.8) is 0 Å². The Morgan fingerprint density at radius 3 is 2.79 bits per heavy atom. The van der Waals surface area contributed by atoms with E-state index in [1.165, 1.54) is 18.2 Å². The summed E-state index contributed by atoms with van der Waals surface area (Å²) in [6.45, 7) is 1.43. The number of nitrogens with zero attached hydrogens (tertiary/aromatic N) is 1. The summed E-state index contributed by atoms with van der Waals surface area (Å²) in [5.74, 6) is -0.145. The van der Waals surface area contributed by atoms with Gasteiger partial charge in [0.25, 0.3) is 0 Å². The molecule has 2 rings (SSSR count). The summed E-state index contributed by atoms with van der Waals surface area (Å²) < 4.78 is 43.8. The van der Waals surface area contributed by atoms with E-state index in [9.17, 15) is 18.0 Å². The Morgan fingerprint density at radius 1 is 1.37 bits per heavy atom. The van der Waals surface area contributed by atoms with E-state index >= 15 is 0 Å². The zero-order valence-corrected chi connectivity index (χ0v) is 10.2. The van der Waals surface area contributed by atoms with Crippen molar-refractivity contribution in [2.45, 2.75) is 18.7 Å². The van der Waals surface area contributed by atoms with Gasteiger partial charge in [-0.2, -0.15) is 13.2 Å². The second-order valence-corrected chi connectivity index (χ2v) is 4.45. The quantitative estimate of drug-likeness (QED) is 0.789. The van der Waals surface area contributed by atoms with Gasteiger partial charge >= 0.3 is 6.18 Å². The molecule has 1 heterocycles. The molecule has 0 N–H and O–H groups in total. The first-order valence-electron chi connectivity index (χ1n) is 5.99. The molecule has 0 aliphatic carbocycles. The Morgan fingerprint density at radius 2 is 2.11 bits per heavy atom. The van der Waals surface area contributed by atoms with Gasteiger partial charge in [0.2, 0.25) is 0 Å². The van der Waals surface area contributed by atoms with Gasteiger partial charge in [-0.25, -0.2) is 0 Å². The third kappa shape index (κ3) is 3.47. The van der Waals surface area contributed by atoms with Crippen molar-refractivity contribution in [3.05, 3.63) is 29.8 Å².